The summed E-state index contributed by atoms with van der Waals surface area (Å²) in [6.45, 7) is 7.80. The summed E-state index contributed by atoms with van der Waals surface area (Å²) < 4.78 is 5.27. The van der Waals surface area contributed by atoms with Gasteiger partial charge in [-0.15, -0.1) is 0 Å². The van der Waals surface area contributed by atoms with Crippen LogP contribution in [-0.2, 0) is 4.74 Å². The van der Waals surface area contributed by atoms with Gasteiger partial charge in [0.05, 0.1) is 6.61 Å². The number of hydrogen-bond donors (Lipinski definition) is 1. The van der Waals surface area contributed by atoms with Crippen molar-refractivity contribution < 1.29 is 4.74 Å². The zero-order chi connectivity index (χ0) is 15.2. The average Bonchev–Trinajstić information content (AvgIpc) is 2.50. The second-order valence-electron chi connectivity index (χ2n) is 5.74. The van der Waals surface area contributed by atoms with Crippen LogP contribution in [0.1, 0.15) is 6.92 Å². The fourth-order valence-corrected chi connectivity index (χ4v) is 3.20. The van der Waals surface area contributed by atoms with E-state index in [1.165, 1.54) is 5.69 Å². The Morgan fingerprint density at radius 1 is 1.19 bits per heavy atom. The minimum Gasteiger partial charge on any atom is -0.384 e. The summed E-state index contributed by atoms with van der Waals surface area (Å²) in [5.41, 5.74) is 7.22. The van der Waals surface area contributed by atoms with Gasteiger partial charge in [-0.05, 0) is 30.2 Å². The SMILES string of the molecule is COCC(C)C(CN)N1CCN(c2ccc(Cl)cc2)CC1. The maximum Gasteiger partial charge on any atom is 0.0503 e. The maximum absolute atomic E-state index is 5.97. The Labute approximate surface area is 132 Å². The lowest BCUT2D eigenvalue weighted by Gasteiger charge is -2.41. The van der Waals surface area contributed by atoms with Gasteiger partial charge in [0.2, 0.25) is 0 Å². The van der Waals surface area contributed by atoms with Gasteiger partial charge in [0.1, 0.15) is 0 Å². The number of benzene rings is 1. The van der Waals surface area contributed by atoms with Crippen LogP contribution in [0, 0.1) is 5.92 Å². The third-order valence-electron chi connectivity index (χ3n) is 4.30. The highest BCUT2D eigenvalue weighted by atomic mass is 35.5. The maximum atomic E-state index is 5.97. The number of ether oxygens (including phenoxy) is 1. The van der Waals surface area contributed by atoms with Crippen LogP contribution in [0.2, 0.25) is 5.02 Å². The van der Waals surface area contributed by atoms with Crippen molar-refractivity contribution in [2.75, 3.05) is 51.3 Å². The molecule has 1 aliphatic heterocycles. The fourth-order valence-electron chi connectivity index (χ4n) is 3.08. The van der Waals surface area contributed by atoms with Crippen LogP contribution < -0.4 is 10.6 Å². The summed E-state index contributed by atoms with van der Waals surface area (Å²) in [5, 5.41) is 0.786. The highest BCUT2D eigenvalue weighted by molar-refractivity contribution is 6.30. The van der Waals surface area contributed by atoms with Crippen molar-refractivity contribution in [1.29, 1.82) is 0 Å². The molecule has 0 radical (unpaired) electrons. The van der Waals surface area contributed by atoms with E-state index in [9.17, 15) is 0 Å². The second kappa shape index (κ2) is 7.99. The van der Waals surface area contributed by atoms with E-state index in [-0.39, 0.29) is 0 Å². The molecular formula is C16H26ClN3O. The quantitative estimate of drug-likeness (QED) is 0.873. The molecule has 5 heteroatoms. The summed E-state index contributed by atoms with van der Waals surface area (Å²) in [7, 11) is 1.75. The molecule has 1 aromatic carbocycles. The van der Waals surface area contributed by atoms with Crippen LogP contribution in [0.4, 0.5) is 5.69 Å². The van der Waals surface area contributed by atoms with Gasteiger partial charge in [0.15, 0.2) is 0 Å². The molecule has 2 rings (SSSR count). The highest BCUT2D eigenvalue weighted by Crippen LogP contribution is 2.21. The standard InChI is InChI=1S/C16H26ClN3O/c1-13(12-21-2)16(11-18)20-9-7-19(8-10-20)15-5-3-14(17)4-6-15/h3-6,13,16H,7-12,18H2,1-2H3. The van der Waals surface area contributed by atoms with E-state index in [0.29, 0.717) is 18.5 Å². The molecule has 1 heterocycles. The van der Waals surface area contributed by atoms with Gasteiger partial charge in [-0.3, -0.25) is 4.90 Å². The van der Waals surface area contributed by atoms with E-state index in [0.717, 1.165) is 37.8 Å². The van der Waals surface area contributed by atoms with E-state index in [4.69, 9.17) is 22.1 Å². The molecule has 0 aromatic heterocycles. The van der Waals surface area contributed by atoms with Gasteiger partial charge in [0, 0.05) is 56.6 Å². The third-order valence-corrected chi connectivity index (χ3v) is 4.55. The van der Waals surface area contributed by atoms with Crippen LogP contribution in [0.25, 0.3) is 0 Å². The predicted molar refractivity (Wildman–Crippen MR) is 89.1 cm³/mol. The number of halogens is 1. The molecule has 4 nitrogen and oxygen atoms in total. The van der Waals surface area contributed by atoms with Crippen LogP contribution in [0.15, 0.2) is 24.3 Å². The third kappa shape index (κ3) is 4.33. The van der Waals surface area contributed by atoms with Crippen molar-refractivity contribution in [3.63, 3.8) is 0 Å². The Balaban J connectivity index is 1.91. The van der Waals surface area contributed by atoms with E-state index >= 15 is 0 Å². The first-order valence-electron chi connectivity index (χ1n) is 7.59. The number of rotatable bonds is 6. The summed E-state index contributed by atoms with van der Waals surface area (Å²) >= 11 is 5.95. The fraction of sp³-hybridized carbons (Fsp3) is 0.625. The van der Waals surface area contributed by atoms with Crippen molar-refractivity contribution in [2.24, 2.45) is 11.7 Å². The molecule has 21 heavy (non-hydrogen) atoms. The van der Waals surface area contributed by atoms with E-state index < -0.39 is 0 Å². The molecule has 1 aliphatic rings. The Morgan fingerprint density at radius 3 is 2.33 bits per heavy atom. The zero-order valence-electron chi connectivity index (χ0n) is 13.0. The van der Waals surface area contributed by atoms with Crippen molar-refractivity contribution in [3.8, 4) is 0 Å². The molecule has 0 bridgehead atoms. The van der Waals surface area contributed by atoms with Gasteiger partial charge in [-0.25, -0.2) is 0 Å². The molecule has 1 aromatic rings. The molecule has 0 aliphatic carbocycles. The predicted octanol–water partition coefficient (Wildman–Crippen LogP) is 2.07. The van der Waals surface area contributed by atoms with E-state index in [1.807, 2.05) is 12.1 Å². The molecule has 0 spiro atoms. The van der Waals surface area contributed by atoms with Crippen LogP contribution in [0.5, 0.6) is 0 Å². The lowest BCUT2D eigenvalue weighted by molar-refractivity contribution is 0.0815. The van der Waals surface area contributed by atoms with Crippen LogP contribution in [0.3, 0.4) is 0 Å². The normalized spacial score (nSPS) is 19.5. The lowest BCUT2D eigenvalue weighted by Crippen LogP contribution is -2.55. The number of hydrogen-bond acceptors (Lipinski definition) is 4. The number of piperazine rings is 1. The minimum absolute atomic E-state index is 0.400. The molecule has 2 N–H and O–H groups in total. The van der Waals surface area contributed by atoms with Crippen LogP contribution in [-0.4, -0.2) is 57.4 Å². The van der Waals surface area contributed by atoms with Gasteiger partial charge < -0.3 is 15.4 Å². The van der Waals surface area contributed by atoms with Crippen molar-refractivity contribution in [3.05, 3.63) is 29.3 Å². The zero-order valence-corrected chi connectivity index (χ0v) is 13.7. The molecule has 1 fully saturated rings. The Kier molecular flexibility index (Phi) is 6.30. The molecule has 2 unspecified atom stereocenters. The molecule has 0 saturated carbocycles. The van der Waals surface area contributed by atoms with Crippen LogP contribution >= 0.6 is 11.6 Å². The van der Waals surface area contributed by atoms with E-state index in [1.54, 1.807) is 7.11 Å². The Bertz CT molecular complexity index is 418. The number of nitrogens with zero attached hydrogens (tertiary/aromatic N) is 2. The van der Waals surface area contributed by atoms with Crippen molar-refractivity contribution in [1.82, 2.24) is 4.90 Å². The number of nitrogens with two attached hydrogens (primary N) is 1. The first-order chi connectivity index (χ1) is 10.2. The topological polar surface area (TPSA) is 41.7 Å². The van der Waals surface area contributed by atoms with Crippen molar-refractivity contribution in [2.45, 2.75) is 13.0 Å². The highest BCUT2D eigenvalue weighted by Gasteiger charge is 2.26. The van der Waals surface area contributed by atoms with Gasteiger partial charge in [-0.1, -0.05) is 18.5 Å². The Hall–Kier alpha value is -0.810. The van der Waals surface area contributed by atoms with Gasteiger partial charge in [-0.2, -0.15) is 0 Å². The molecule has 1 saturated heterocycles. The summed E-state index contributed by atoms with van der Waals surface area (Å²) in [5.74, 6) is 0.460. The van der Waals surface area contributed by atoms with Gasteiger partial charge >= 0.3 is 0 Å². The summed E-state index contributed by atoms with van der Waals surface area (Å²) in [6, 6.07) is 8.48. The largest absolute Gasteiger partial charge is 0.384 e. The minimum atomic E-state index is 0.400. The lowest BCUT2D eigenvalue weighted by atomic mass is 10.0. The second-order valence-corrected chi connectivity index (χ2v) is 6.17. The molecule has 118 valence electrons. The average molecular weight is 312 g/mol. The monoisotopic (exact) mass is 311 g/mol. The van der Waals surface area contributed by atoms with Crippen molar-refractivity contribution >= 4 is 17.3 Å². The first kappa shape index (κ1) is 16.6. The van der Waals surface area contributed by atoms with E-state index in [2.05, 4.69) is 28.9 Å². The summed E-state index contributed by atoms with van der Waals surface area (Å²) in [4.78, 5) is 4.90. The first-order valence-corrected chi connectivity index (χ1v) is 7.97. The van der Waals surface area contributed by atoms with Gasteiger partial charge in [0.25, 0.3) is 0 Å². The molecular weight excluding hydrogens is 286 g/mol. The molecule has 0 amide bonds. The summed E-state index contributed by atoms with van der Waals surface area (Å²) in [6.07, 6.45) is 0. The number of methoxy groups -OCH3 is 1. The number of anilines is 1. The Morgan fingerprint density at radius 2 is 1.81 bits per heavy atom. The molecule has 2 atom stereocenters. The smallest absolute Gasteiger partial charge is 0.0503 e.